The molecule has 0 saturated carbocycles. The molecule has 1 aliphatic rings. The van der Waals surface area contributed by atoms with Gasteiger partial charge in [0.1, 0.15) is 6.04 Å². The Morgan fingerprint density at radius 2 is 2.14 bits per heavy atom. The lowest BCUT2D eigenvalue weighted by molar-refractivity contribution is -0.139. The van der Waals surface area contributed by atoms with Crippen molar-refractivity contribution in [2.24, 2.45) is 0 Å². The molecule has 1 saturated heterocycles. The number of carboxylic acid groups (broad SMARTS) is 1. The first-order chi connectivity index (χ1) is 10.7. The first-order valence-electron chi connectivity index (χ1n) is 7.29. The predicted octanol–water partition coefficient (Wildman–Crippen LogP) is 0.891. The summed E-state index contributed by atoms with van der Waals surface area (Å²) in [7, 11) is 0. The van der Waals surface area contributed by atoms with Gasteiger partial charge in [0.2, 0.25) is 0 Å². The fraction of sp³-hybridized carbons (Fsp3) is 0.400. The molecule has 2 heterocycles. The number of ether oxygens (including phenoxy) is 1. The van der Waals surface area contributed by atoms with E-state index in [-0.39, 0.29) is 0 Å². The van der Waals surface area contributed by atoms with Crippen LogP contribution in [0.3, 0.4) is 0 Å². The molecule has 22 heavy (non-hydrogen) atoms. The highest BCUT2D eigenvalue weighted by Gasteiger charge is 2.28. The number of anilines is 1. The van der Waals surface area contributed by atoms with E-state index < -0.39 is 12.0 Å². The maximum Gasteiger partial charge on any atom is 0.322 e. The Balaban J connectivity index is 2.00. The van der Waals surface area contributed by atoms with Gasteiger partial charge in [0.15, 0.2) is 5.82 Å². The van der Waals surface area contributed by atoms with Gasteiger partial charge < -0.3 is 20.1 Å². The van der Waals surface area contributed by atoms with Crippen LogP contribution in [0, 0.1) is 0 Å². The number of carbonyl (C=O) groups is 1. The molecule has 0 radical (unpaired) electrons. The SMILES string of the molecule is CCOc1nc2ccccc2nc1N1CCN[C@H](C(=O)O)C1. The summed E-state index contributed by atoms with van der Waals surface area (Å²) in [6.07, 6.45) is 0. The molecule has 116 valence electrons. The number of benzene rings is 1. The molecule has 7 nitrogen and oxygen atoms in total. The third-order valence-corrected chi connectivity index (χ3v) is 3.58. The number of hydrogen-bond acceptors (Lipinski definition) is 6. The summed E-state index contributed by atoms with van der Waals surface area (Å²) >= 11 is 0. The van der Waals surface area contributed by atoms with Gasteiger partial charge in [-0.25, -0.2) is 9.97 Å². The minimum Gasteiger partial charge on any atom is -0.480 e. The fourth-order valence-corrected chi connectivity index (χ4v) is 2.52. The molecule has 1 aromatic carbocycles. The molecule has 1 atom stereocenters. The van der Waals surface area contributed by atoms with Crippen molar-refractivity contribution in [3.63, 3.8) is 0 Å². The summed E-state index contributed by atoms with van der Waals surface area (Å²) in [5.74, 6) is 0.192. The average Bonchev–Trinajstić information content (AvgIpc) is 2.54. The molecule has 0 bridgehead atoms. The predicted molar refractivity (Wildman–Crippen MR) is 82.3 cm³/mol. The number of rotatable bonds is 4. The van der Waals surface area contributed by atoms with Gasteiger partial charge in [0, 0.05) is 19.6 Å². The second-order valence-electron chi connectivity index (χ2n) is 5.07. The molecule has 1 fully saturated rings. The van der Waals surface area contributed by atoms with Crippen LogP contribution in [0.2, 0.25) is 0 Å². The van der Waals surface area contributed by atoms with Gasteiger partial charge in [0.05, 0.1) is 17.6 Å². The molecule has 1 aliphatic heterocycles. The quantitative estimate of drug-likeness (QED) is 0.867. The van der Waals surface area contributed by atoms with Crippen LogP contribution in [-0.4, -0.2) is 53.3 Å². The highest BCUT2D eigenvalue weighted by molar-refractivity contribution is 5.78. The molecule has 2 N–H and O–H groups in total. The molecule has 1 aromatic heterocycles. The topological polar surface area (TPSA) is 87.6 Å². The third-order valence-electron chi connectivity index (χ3n) is 3.58. The number of piperazine rings is 1. The van der Waals surface area contributed by atoms with E-state index >= 15 is 0 Å². The Hall–Kier alpha value is -2.41. The van der Waals surface area contributed by atoms with Gasteiger partial charge in [-0.3, -0.25) is 4.79 Å². The lowest BCUT2D eigenvalue weighted by atomic mass is 10.2. The number of carboxylic acids is 1. The van der Waals surface area contributed by atoms with E-state index in [1.165, 1.54) is 0 Å². The van der Waals surface area contributed by atoms with Crippen LogP contribution >= 0.6 is 0 Å². The van der Waals surface area contributed by atoms with Crippen LogP contribution in [-0.2, 0) is 4.79 Å². The summed E-state index contributed by atoms with van der Waals surface area (Å²) in [6, 6.07) is 6.96. The Bertz CT molecular complexity index is 692. The van der Waals surface area contributed by atoms with E-state index in [9.17, 15) is 9.90 Å². The summed E-state index contributed by atoms with van der Waals surface area (Å²) < 4.78 is 5.61. The molecule has 0 amide bonds. The number of hydrogen-bond donors (Lipinski definition) is 2. The van der Waals surface area contributed by atoms with E-state index in [0.29, 0.717) is 37.9 Å². The van der Waals surface area contributed by atoms with Crippen molar-refractivity contribution < 1.29 is 14.6 Å². The van der Waals surface area contributed by atoms with Crippen LogP contribution in [0.5, 0.6) is 5.88 Å². The molecule has 3 rings (SSSR count). The van der Waals surface area contributed by atoms with Crippen molar-refractivity contribution in [1.29, 1.82) is 0 Å². The van der Waals surface area contributed by atoms with Crippen molar-refractivity contribution in [1.82, 2.24) is 15.3 Å². The molecule has 0 aliphatic carbocycles. The Labute approximate surface area is 127 Å². The number of para-hydroxylation sites is 2. The number of aliphatic carboxylic acids is 1. The van der Waals surface area contributed by atoms with Crippen molar-refractivity contribution in [2.75, 3.05) is 31.1 Å². The Morgan fingerprint density at radius 3 is 2.82 bits per heavy atom. The Morgan fingerprint density at radius 1 is 1.41 bits per heavy atom. The van der Waals surface area contributed by atoms with E-state index in [1.54, 1.807) is 0 Å². The summed E-state index contributed by atoms with van der Waals surface area (Å²) in [4.78, 5) is 22.3. The Kier molecular flexibility index (Phi) is 4.06. The second-order valence-corrected chi connectivity index (χ2v) is 5.07. The fourth-order valence-electron chi connectivity index (χ4n) is 2.52. The van der Waals surface area contributed by atoms with Gasteiger partial charge in [-0.05, 0) is 19.1 Å². The van der Waals surface area contributed by atoms with Crippen LogP contribution < -0.4 is 15.0 Å². The zero-order valence-corrected chi connectivity index (χ0v) is 12.3. The number of nitrogens with zero attached hydrogens (tertiary/aromatic N) is 3. The second kappa shape index (κ2) is 6.15. The smallest absolute Gasteiger partial charge is 0.322 e. The van der Waals surface area contributed by atoms with Gasteiger partial charge in [-0.1, -0.05) is 12.1 Å². The summed E-state index contributed by atoms with van der Waals surface area (Å²) in [5, 5.41) is 12.2. The minimum atomic E-state index is -0.864. The van der Waals surface area contributed by atoms with Crippen molar-refractivity contribution in [2.45, 2.75) is 13.0 Å². The van der Waals surface area contributed by atoms with Crippen molar-refractivity contribution in [3.8, 4) is 5.88 Å². The van der Waals surface area contributed by atoms with E-state index in [0.717, 1.165) is 11.0 Å². The number of nitrogens with one attached hydrogen (secondary N) is 1. The molecular weight excluding hydrogens is 284 g/mol. The highest BCUT2D eigenvalue weighted by atomic mass is 16.5. The minimum absolute atomic E-state index is 0.336. The summed E-state index contributed by atoms with van der Waals surface area (Å²) in [6.45, 7) is 3.95. The van der Waals surface area contributed by atoms with Gasteiger partial charge in [-0.15, -0.1) is 0 Å². The largest absolute Gasteiger partial charge is 0.480 e. The van der Waals surface area contributed by atoms with Crippen molar-refractivity contribution >= 4 is 22.8 Å². The third kappa shape index (κ3) is 2.80. The van der Waals surface area contributed by atoms with E-state index in [1.807, 2.05) is 36.1 Å². The highest BCUT2D eigenvalue weighted by Crippen LogP contribution is 2.27. The van der Waals surface area contributed by atoms with E-state index in [2.05, 4.69) is 15.3 Å². The summed E-state index contributed by atoms with van der Waals surface area (Å²) in [5.41, 5.74) is 1.53. The van der Waals surface area contributed by atoms with Crippen LogP contribution in [0.4, 0.5) is 5.82 Å². The molecule has 2 aromatic rings. The zero-order chi connectivity index (χ0) is 15.5. The molecular formula is C15H18N4O3. The molecule has 0 unspecified atom stereocenters. The lowest BCUT2D eigenvalue weighted by Crippen LogP contribution is -2.54. The van der Waals surface area contributed by atoms with Gasteiger partial charge in [-0.2, -0.15) is 0 Å². The number of aromatic nitrogens is 2. The van der Waals surface area contributed by atoms with Gasteiger partial charge >= 0.3 is 5.97 Å². The standard InChI is InChI=1S/C15H18N4O3/c1-2-22-14-13(17-10-5-3-4-6-11(10)18-14)19-8-7-16-12(9-19)15(20)21/h3-6,12,16H,2,7-9H2,1H3,(H,20,21)/t12-/m0/s1. The van der Waals surface area contributed by atoms with Crippen LogP contribution in [0.15, 0.2) is 24.3 Å². The normalized spacial score (nSPS) is 18.4. The average molecular weight is 302 g/mol. The van der Waals surface area contributed by atoms with Crippen LogP contribution in [0.1, 0.15) is 6.92 Å². The van der Waals surface area contributed by atoms with E-state index in [4.69, 9.17) is 4.74 Å². The first-order valence-corrected chi connectivity index (χ1v) is 7.29. The number of fused-ring (bicyclic) bond motifs is 1. The molecule has 0 spiro atoms. The maximum atomic E-state index is 11.2. The monoisotopic (exact) mass is 302 g/mol. The van der Waals surface area contributed by atoms with Crippen molar-refractivity contribution in [3.05, 3.63) is 24.3 Å². The maximum absolute atomic E-state index is 11.2. The lowest BCUT2D eigenvalue weighted by Gasteiger charge is -2.32. The van der Waals surface area contributed by atoms with Crippen LogP contribution in [0.25, 0.3) is 11.0 Å². The molecule has 7 heteroatoms. The van der Waals surface area contributed by atoms with Gasteiger partial charge in [0.25, 0.3) is 5.88 Å². The first kappa shape index (κ1) is 14.5. The zero-order valence-electron chi connectivity index (χ0n) is 12.3.